The van der Waals surface area contributed by atoms with Gasteiger partial charge in [-0.05, 0) is 36.8 Å². The summed E-state index contributed by atoms with van der Waals surface area (Å²) in [5.74, 6) is 1.89. The highest BCUT2D eigenvalue weighted by molar-refractivity contribution is 6.30. The number of halogens is 1. The summed E-state index contributed by atoms with van der Waals surface area (Å²) in [5.41, 5.74) is 8.36. The predicted molar refractivity (Wildman–Crippen MR) is 89.4 cm³/mol. The molecule has 0 spiro atoms. The lowest BCUT2D eigenvalue weighted by Gasteiger charge is -2.08. The van der Waals surface area contributed by atoms with Crippen molar-refractivity contribution in [2.75, 3.05) is 0 Å². The topological polar surface area (TPSA) is 76.8 Å². The van der Waals surface area contributed by atoms with Gasteiger partial charge in [0.15, 0.2) is 11.6 Å². The van der Waals surface area contributed by atoms with E-state index in [1.54, 1.807) is 24.3 Å². The number of nitrogens with zero attached hydrogens (tertiary/aromatic N) is 2. The Hall–Kier alpha value is -2.37. The summed E-state index contributed by atoms with van der Waals surface area (Å²) < 4.78 is 5.63. The molecule has 0 saturated carbocycles. The molecule has 0 bridgehead atoms. The molecule has 0 fully saturated rings. The predicted octanol–water partition coefficient (Wildman–Crippen LogP) is 3.39. The SMILES string of the molecule is Cc1ccc([C@H](N)c2n[nH]c(COc3ccc(Cl)cc3)n2)cc1. The Kier molecular flexibility index (Phi) is 4.60. The maximum Gasteiger partial charge on any atom is 0.172 e. The third-order valence-corrected chi connectivity index (χ3v) is 3.70. The van der Waals surface area contributed by atoms with Gasteiger partial charge >= 0.3 is 0 Å². The highest BCUT2D eigenvalue weighted by Gasteiger charge is 2.14. The van der Waals surface area contributed by atoms with Crippen LogP contribution in [0.25, 0.3) is 0 Å². The van der Waals surface area contributed by atoms with Gasteiger partial charge in [-0.25, -0.2) is 4.98 Å². The lowest BCUT2D eigenvalue weighted by molar-refractivity contribution is 0.296. The van der Waals surface area contributed by atoms with Crippen LogP contribution < -0.4 is 10.5 Å². The number of benzene rings is 2. The molecule has 6 heteroatoms. The van der Waals surface area contributed by atoms with Crippen LogP contribution in [0.4, 0.5) is 0 Å². The third-order valence-electron chi connectivity index (χ3n) is 3.45. The smallest absolute Gasteiger partial charge is 0.172 e. The summed E-state index contributed by atoms with van der Waals surface area (Å²) in [6.07, 6.45) is 0. The Morgan fingerprint density at radius 3 is 2.52 bits per heavy atom. The number of hydrogen-bond acceptors (Lipinski definition) is 4. The first-order valence-electron chi connectivity index (χ1n) is 7.23. The van der Waals surface area contributed by atoms with E-state index in [2.05, 4.69) is 15.2 Å². The molecular formula is C17H17ClN4O. The zero-order valence-electron chi connectivity index (χ0n) is 12.7. The zero-order chi connectivity index (χ0) is 16.2. The van der Waals surface area contributed by atoms with Gasteiger partial charge in [-0.15, -0.1) is 0 Å². The van der Waals surface area contributed by atoms with E-state index in [0.29, 0.717) is 16.7 Å². The summed E-state index contributed by atoms with van der Waals surface area (Å²) in [6, 6.07) is 14.8. The van der Waals surface area contributed by atoms with Crippen LogP contribution in [0.3, 0.4) is 0 Å². The van der Waals surface area contributed by atoms with Crippen molar-refractivity contribution >= 4 is 11.6 Å². The molecule has 0 aliphatic heterocycles. The van der Waals surface area contributed by atoms with Gasteiger partial charge in [0.1, 0.15) is 12.4 Å². The fourth-order valence-electron chi connectivity index (χ4n) is 2.12. The van der Waals surface area contributed by atoms with Crippen molar-refractivity contribution in [1.29, 1.82) is 0 Å². The summed E-state index contributed by atoms with van der Waals surface area (Å²) in [5, 5.41) is 7.71. The van der Waals surface area contributed by atoms with Crippen LogP contribution >= 0.6 is 11.6 Å². The molecule has 0 unspecified atom stereocenters. The van der Waals surface area contributed by atoms with Gasteiger partial charge in [-0.1, -0.05) is 41.4 Å². The molecule has 1 heterocycles. The minimum Gasteiger partial charge on any atom is -0.486 e. The minimum absolute atomic E-state index is 0.287. The molecule has 1 atom stereocenters. The molecule has 3 N–H and O–H groups in total. The molecule has 0 saturated heterocycles. The monoisotopic (exact) mass is 328 g/mol. The van der Waals surface area contributed by atoms with E-state index in [4.69, 9.17) is 22.1 Å². The molecule has 2 aromatic carbocycles. The van der Waals surface area contributed by atoms with Gasteiger partial charge in [-0.3, -0.25) is 5.10 Å². The quantitative estimate of drug-likeness (QED) is 0.752. The number of ether oxygens (including phenoxy) is 1. The second kappa shape index (κ2) is 6.81. The second-order valence-corrected chi connectivity index (χ2v) is 5.71. The lowest BCUT2D eigenvalue weighted by atomic mass is 10.1. The van der Waals surface area contributed by atoms with Gasteiger partial charge in [-0.2, -0.15) is 5.10 Å². The Morgan fingerprint density at radius 1 is 1.13 bits per heavy atom. The van der Waals surface area contributed by atoms with Crippen LogP contribution in [0.15, 0.2) is 48.5 Å². The lowest BCUT2D eigenvalue weighted by Crippen LogP contribution is -2.13. The number of nitrogens with two attached hydrogens (primary N) is 1. The number of H-pyrrole nitrogens is 1. The van der Waals surface area contributed by atoms with Crippen molar-refractivity contribution in [3.8, 4) is 5.75 Å². The average molecular weight is 329 g/mol. The second-order valence-electron chi connectivity index (χ2n) is 5.27. The molecular weight excluding hydrogens is 312 g/mol. The number of aromatic amines is 1. The van der Waals surface area contributed by atoms with E-state index in [-0.39, 0.29) is 12.6 Å². The van der Waals surface area contributed by atoms with E-state index < -0.39 is 0 Å². The number of aromatic nitrogens is 3. The summed E-state index contributed by atoms with van der Waals surface area (Å²) in [7, 11) is 0. The molecule has 0 amide bonds. The Morgan fingerprint density at radius 2 is 1.83 bits per heavy atom. The van der Waals surface area contributed by atoms with Crippen molar-refractivity contribution in [3.05, 3.63) is 76.3 Å². The molecule has 23 heavy (non-hydrogen) atoms. The number of aryl methyl sites for hydroxylation is 1. The Labute approximate surface area is 139 Å². The van der Waals surface area contributed by atoms with Crippen LogP contribution in [-0.2, 0) is 6.61 Å². The maximum atomic E-state index is 6.20. The molecule has 0 radical (unpaired) electrons. The average Bonchev–Trinajstić information content (AvgIpc) is 3.03. The fraction of sp³-hybridized carbons (Fsp3) is 0.176. The summed E-state index contributed by atoms with van der Waals surface area (Å²) in [6.45, 7) is 2.32. The number of nitrogens with one attached hydrogen (secondary N) is 1. The molecule has 118 valence electrons. The van der Waals surface area contributed by atoms with Gasteiger partial charge in [0.25, 0.3) is 0 Å². The van der Waals surface area contributed by atoms with E-state index in [0.717, 1.165) is 11.3 Å². The van der Waals surface area contributed by atoms with Crippen LogP contribution in [0.2, 0.25) is 5.02 Å². The first-order chi connectivity index (χ1) is 11.1. The van der Waals surface area contributed by atoms with E-state index in [1.165, 1.54) is 5.56 Å². The van der Waals surface area contributed by atoms with Crippen LogP contribution in [-0.4, -0.2) is 15.2 Å². The molecule has 0 aliphatic rings. The van der Waals surface area contributed by atoms with Crippen LogP contribution in [0.1, 0.15) is 28.8 Å². The number of hydrogen-bond donors (Lipinski definition) is 2. The van der Waals surface area contributed by atoms with Crippen molar-refractivity contribution in [1.82, 2.24) is 15.2 Å². The molecule has 5 nitrogen and oxygen atoms in total. The standard InChI is InChI=1S/C17H17ClN4O/c1-11-2-4-12(5-3-11)16(19)17-20-15(21-22-17)10-23-14-8-6-13(18)7-9-14/h2-9,16H,10,19H2,1H3,(H,20,21,22)/t16-/m0/s1. The van der Waals surface area contributed by atoms with Crippen molar-refractivity contribution < 1.29 is 4.74 Å². The van der Waals surface area contributed by atoms with Crippen molar-refractivity contribution in [2.45, 2.75) is 19.6 Å². The summed E-state index contributed by atoms with van der Waals surface area (Å²) in [4.78, 5) is 4.40. The zero-order valence-corrected chi connectivity index (χ0v) is 13.4. The summed E-state index contributed by atoms with van der Waals surface area (Å²) >= 11 is 5.84. The molecule has 1 aromatic heterocycles. The Balaban J connectivity index is 1.65. The highest BCUT2D eigenvalue weighted by Crippen LogP contribution is 2.18. The van der Waals surface area contributed by atoms with E-state index in [1.807, 2.05) is 31.2 Å². The first kappa shape index (κ1) is 15.5. The normalized spacial score (nSPS) is 12.1. The molecule has 0 aliphatic carbocycles. The van der Waals surface area contributed by atoms with Gasteiger partial charge < -0.3 is 10.5 Å². The largest absolute Gasteiger partial charge is 0.486 e. The van der Waals surface area contributed by atoms with Gasteiger partial charge in [0, 0.05) is 5.02 Å². The van der Waals surface area contributed by atoms with Gasteiger partial charge in [0.05, 0.1) is 6.04 Å². The Bertz CT molecular complexity index is 768. The molecule has 3 aromatic rings. The van der Waals surface area contributed by atoms with Gasteiger partial charge in [0.2, 0.25) is 0 Å². The fourth-order valence-corrected chi connectivity index (χ4v) is 2.25. The van der Waals surface area contributed by atoms with Crippen molar-refractivity contribution in [2.24, 2.45) is 5.73 Å². The third kappa shape index (κ3) is 3.88. The maximum absolute atomic E-state index is 6.20. The van der Waals surface area contributed by atoms with Crippen LogP contribution in [0.5, 0.6) is 5.75 Å². The van der Waals surface area contributed by atoms with E-state index in [9.17, 15) is 0 Å². The number of rotatable bonds is 5. The highest BCUT2D eigenvalue weighted by atomic mass is 35.5. The molecule has 3 rings (SSSR count). The first-order valence-corrected chi connectivity index (χ1v) is 7.61. The van der Waals surface area contributed by atoms with E-state index >= 15 is 0 Å². The minimum atomic E-state index is -0.365. The van der Waals surface area contributed by atoms with Crippen molar-refractivity contribution in [3.63, 3.8) is 0 Å². The van der Waals surface area contributed by atoms with Crippen LogP contribution in [0, 0.1) is 6.92 Å².